The molecule has 0 aliphatic carbocycles. The summed E-state index contributed by atoms with van der Waals surface area (Å²) in [4.78, 5) is 31.9. The van der Waals surface area contributed by atoms with Crippen molar-refractivity contribution in [2.75, 3.05) is 18.4 Å². The summed E-state index contributed by atoms with van der Waals surface area (Å²) in [6.45, 7) is 2.78. The summed E-state index contributed by atoms with van der Waals surface area (Å²) in [6, 6.07) is 14.9. The third kappa shape index (κ3) is 4.82. The van der Waals surface area contributed by atoms with Gasteiger partial charge in [0.1, 0.15) is 5.82 Å². The van der Waals surface area contributed by atoms with Crippen molar-refractivity contribution in [2.45, 2.75) is 32.2 Å². The van der Waals surface area contributed by atoms with Gasteiger partial charge in [0.05, 0.1) is 11.1 Å². The number of nitrogens with one attached hydrogen (secondary N) is 2. The molecule has 0 radical (unpaired) electrons. The van der Waals surface area contributed by atoms with Crippen LogP contribution in [0.4, 0.5) is 14.9 Å². The number of hydrogen-bond donors (Lipinski definition) is 2. The molecule has 3 amide bonds. The summed E-state index contributed by atoms with van der Waals surface area (Å²) in [7, 11) is 0. The van der Waals surface area contributed by atoms with Crippen LogP contribution >= 0.6 is 0 Å². The third-order valence-electron chi connectivity index (χ3n) is 5.55. The Balaban J connectivity index is 1.50. The van der Waals surface area contributed by atoms with Crippen molar-refractivity contribution in [1.82, 2.24) is 15.2 Å². The zero-order valence-electron chi connectivity index (χ0n) is 17.4. The smallest absolute Gasteiger partial charge is 0.319 e. The first kappa shape index (κ1) is 20.8. The molecule has 4 rings (SSSR count). The van der Waals surface area contributed by atoms with Crippen molar-refractivity contribution in [3.05, 3.63) is 71.7 Å². The Kier molecular flexibility index (Phi) is 6.11. The standard InChI is InChI=1S/C24H25FN4O2/c1-16-13-21(20-11-10-17(25)14-22(20)27-16)23(30)29-12-6-5-9-19(29)15-26-24(31)28-18-7-3-2-4-8-18/h2-4,7-8,10-11,13-14,19H,5-6,9,12,15H2,1H3,(H2,26,28,31). The monoisotopic (exact) mass is 420 g/mol. The maximum absolute atomic E-state index is 13.7. The minimum Gasteiger partial charge on any atom is -0.336 e. The SMILES string of the molecule is Cc1cc(C(=O)N2CCCCC2CNC(=O)Nc2ccccc2)c2ccc(F)cc2n1. The number of amides is 3. The number of rotatable bonds is 4. The molecule has 1 unspecified atom stereocenters. The van der Waals surface area contributed by atoms with Crippen LogP contribution in [0, 0.1) is 12.7 Å². The predicted molar refractivity (Wildman–Crippen MR) is 119 cm³/mol. The van der Waals surface area contributed by atoms with Crippen LogP contribution in [0.25, 0.3) is 10.9 Å². The van der Waals surface area contributed by atoms with Gasteiger partial charge in [0, 0.05) is 42.0 Å². The lowest BCUT2D eigenvalue weighted by Crippen LogP contribution is -2.50. The maximum Gasteiger partial charge on any atom is 0.319 e. The van der Waals surface area contributed by atoms with E-state index in [9.17, 15) is 14.0 Å². The van der Waals surface area contributed by atoms with E-state index in [-0.39, 0.29) is 23.8 Å². The van der Waals surface area contributed by atoms with Crippen LogP contribution in [0.5, 0.6) is 0 Å². The normalized spacial score (nSPS) is 16.2. The quantitative estimate of drug-likeness (QED) is 0.653. The maximum atomic E-state index is 13.7. The molecule has 2 aromatic carbocycles. The Morgan fingerprint density at radius 1 is 1.13 bits per heavy atom. The molecule has 3 aromatic rings. The number of aromatic nitrogens is 1. The summed E-state index contributed by atoms with van der Waals surface area (Å²) in [6.07, 6.45) is 2.72. The highest BCUT2D eigenvalue weighted by Crippen LogP contribution is 2.25. The van der Waals surface area contributed by atoms with Gasteiger partial charge in [0.25, 0.3) is 5.91 Å². The van der Waals surface area contributed by atoms with E-state index < -0.39 is 0 Å². The highest BCUT2D eigenvalue weighted by molar-refractivity contribution is 6.06. The van der Waals surface area contributed by atoms with Crippen molar-refractivity contribution in [3.63, 3.8) is 0 Å². The minimum atomic E-state index is -0.381. The van der Waals surface area contributed by atoms with Crippen molar-refractivity contribution in [1.29, 1.82) is 0 Å². The molecular formula is C24H25FN4O2. The van der Waals surface area contributed by atoms with E-state index in [1.807, 2.05) is 35.2 Å². The molecule has 0 bridgehead atoms. The van der Waals surface area contributed by atoms with Gasteiger partial charge in [-0.05, 0) is 56.5 Å². The van der Waals surface area contributed by atoms with Crippen molar-refractivity contribution < 1.29 is 14.0 Å². The van der Waals surface area contributed by atoms with Gasteiger partial charge in [-0.25, -0.2) is 9.18 Å². The predicted octanol–water partition coefficient (Wildman–Crippen LogP) is 4.50. The number of urea groups is 1. The summed E-state index contributed by atoms with van der Waals surface area (Å²) < 4.78 is 13.7. The molecular weight excluding hydrogens is 395 g/mol. The van der Waals surface area contributed by atoms with E-state index in [2.05, 4.69) is 15.6 Å². The molecule has 160 valence electrons. The molecule has 0 spiro atoms. The number of piperidine rings is 1. The average Bonchev–Trinajstić information content (AvgIpc) is 2.77. The van der Waals surface area contributed by atoms with Gasteiger partial charge in [0.15, 0.2) is 0 Å². The fourth-order valence-electron chi connectivity index (χ4n) is 4.05. The lowest BCUT2D eigenvalue weighted by atomic mass is 9.99. The molecule has 1 aromatic heterocycles. The first-order valence-corrected chi connectivity index (χ1v) is 10.5. The largest absolute Gasteiger partial charge is 0.336 e. The molecule has 31 heavy (non-hydrogen) atoms. The van der Waals surface area contributed by atoms with Crippen molar-refractivity contribution in [3.8, 4) is 0 Å². The molecule has 1 aliphatic heterocycles. The Morgan fingerprint density at radius 3 is 2.74 bits per heavy atom. The average molecular weight is 420 g/mol. The number of anilines is 1. The Hall–Kier alpha value is -3.48. The van der Waals surface area contributed by atoms with E-state index in [0.717, 1.165) is 19.3 Å². The molecule has 2 N–H and O–H groups in total. The highest BCUT2D eigenvalue weighted by atomic mass is 19.1. The zero-order chi connectivity index (χ0) is 21.8. The van der Waals surface area contributed by atoms with Crippen LogP contribution in [0.15, 0.2) is 54.6 Å². The van der Waals surface area contributed by atoms with Crippen molar-refractivity contribution in [2.24, 2.45) is 0 Å². The van der Waals surface area contributed by atoms with Crippen LogP contribution in [-0.2, 0) is 0 Å². The molecule has 1 saturated heterocycles. The number of carbonyl (C=O) groups is 2. The van der Waals surface area contributed by atoms with Crippen LogP contribution in [0.2, 0.25) is 0 Å². The summed E-state index contributed by atoms with van der Waals surface area (Å²) in [5.74, 6) is -0.495. The number of pyridine rings is 1. The van der Waals surface area contributed by atoms with E-state index >= 15 is 0 Å². The number of halogens is 1. The van der Waals surface area contributed by atoms with Gasteiger partial charge >= 0.3 is 6.03 Å². The lowest BCUT2D eigenvalue weighted by molar-refractivity contribution is 0.0617. The number of carbonyl (C=O) groups excluding carboxylic acids is 2. The van der Waals surface area contributed by atoms with Gasteiger partial charge in [-0.2, -0.15) is 0 Å². The summed E-state index contributed by atoms with van der Waals surface area (Å²) >= 11 is 0. The Labute approximate surface area is 180 Å². The number of benzene rings is 2. The third-order valence-corrected chi connectivity index (χ3v) is 5.55. The van der Waals surface area contributed by atoms with Crippen LogP contribution in [0.3, 0.4) is 0 Å². The van der Waals surface area contributed by atoms with E-state index in [4.69, 9.17) is 0 Å². The second kappa shape index (κ2) is 9.12. The van der Waals surface area contributed by atoms with Gasteiger partial charge < -0.3 is 15.5 Å². The van der Waals surface area contributed by atoms with Crippen LogP contribution in [-0.4, -0.2) is 41.0 Å². The van der Waals surface area contributed by atoms with Crippen LogP contribution in [0.1, 0.15) is 35.3 Å². The van der Waals surface area contributed by atoms with E-state index in [0.29, 0.717) is 40.9 Å². The Bertz CT molecular complexity index is 1100. The van der Waals surface area contributed by atoms with Crippen LogP contribution < -0.4 is 10.6 Å². The molecule has 2 heterocycles. The number of nitrogens with zero attached hydrogens (tertiary/aromatic N) is 2. The van der Waals surface area contributed by atoms with E-state index in [1.165, 1.54) is 12.1 Å². The Morgan fingerprint density at radius 2 is 1.94 bits per heavy atom. The zero-order valence-corrected chi connectivity index (χ0v) is 17.4. The van der Waals surface area contributed by atoms with E-state index in [1.54, 1.807) is 19.1 Å². The fraction of sp³-hybridized carbons (Fsp3) is 0.292. The second-order valence-electron chi connectivity index (χ2n) is 7.82. The number of likely N-dealkylation sites (tertiary alicyclic amines) is 1. The molecule has 7 heteroatoms. The lowest BCUT2D eigenvalue weighted by Gasteiger charge is -2.36. The van der Waals surface area contributed by atoms with Gasteiger partial charge in [0.2, 0.25) is 0 Å². The molecule has 1 atom stereocenters. The van der Waals surface area contributed by atoms with Crippen molar-refractivity contribution >= 4 is 28.5 Å². The molecule has 1 fully saturated rings. The topological polar surface area (TPSA) is 74.3 Å². The molecule has 0 saturated carbocycles. The molecule has 1 aliphatic rings. The summed E-state index contributed by atoms with van der Waals surface area (Å²) in [5, 5.41) is 6.32. The molecule has 6 nitrogen and oxygen atoms in total. The van der Waals surface area contributed by atoms with Gasteiger partial charge in [-0.15, -0.1) is 0 Å². The second-order valence-corrected chi connectivity index (χ2v) is 7.82. The summed E-state index contributed by atoms with van der Waals surface area (Å²) in [5.41, 5.74) is 2.36. The van der Waals surface area contributed by atoms with Gasteiger partial charge in [-0.3, -0.25) is 9.78 Å². The number of para-hydroxylation sites is 1. The first-order chi connectivity index (χ1) is 15.0. The number of fused-ring (bicyclic) bond motifs is 1. The first-order valence-electron chi connectivity index (χ1n) is 10.5. The number of hydrogen-bond acceptors (Lipinski definition) is 3. The minimum absolute atomic E-state index is 0.105. The fourth-order valence-corrected chi connectivity index (χ4v) is 4.05. The van der Waals surface area contributed by atoms with Gasteiger partial charge in [-0.1, -0.05) is 18.2 Å². The highest BCUT2D eigenvalue weighted by Gasteiger charge is 2.29. The number of aryl methyl sites for hydroxylation is 1.